The van der Waals surface area contributed by atoms with Crippen LogP contribution in [0.2, 0.25) is 0 Å². The second kappa shape index (κ2) is 8.14. The number of allylic oxidation sites excluding steroid dienone is 2. The Morgan fingerprint density at radius 1 is 1.16 bits per heavy atom. The average molecular weight is 425 g/mol. The topological polar surface area (TPSA) is 132 Å². The molecular formula is C22H23N3O6. The van der Waals surface area contributed by atoms with Crippen LogP contribution in [-0.4, -0.2) is 56.0 Å². The van der Waals surface area contributed by atoms with Gasteiger partial charge in [-0.15, -0.1) is 0 Å². The van der Waals surface area contributed by atoms with Crippen LogP contribution in [0.1, 0.15) is 18.4 Å². The van der Waals surface area contributed by atoms with Crippen LogP contribution in [0.15, 0.2) is 42.1 Å². The summed E-state index contributed by atoms with van der Waals surface area (Å²) in [6.07, 6.45) is 4.57. The highest BCUT2D eigenvalue weighted by Gasteiger charge is 2.66. The summed E-state index contributed by atoms with van der Waals surface area (Å²) >= 11 is 0. The Labute approximate surface area is 179 Å². The molecule has 1 amide bonds. The van der Waals surface area contributed by atoms with E-state index in [-0.39, 0.29) is 5.78 Å². The van der Waals surface area contributed by atoms with E-state index >= 15 is 0 Å². The summed E-state index contributed by atoms with van der Waals surface area (Å²) in [5.74, 6) is -1.98. The van der Waals surface area contributed by atoms with Crippen molar-refractivity contribution in [2.24, 2.45) is 11.1 Å². The number of carbonyl (C=O) groups is 3. The number of benzene rings is 1. The molecule has 2 heterocycles. The molecule has 0 unspecified atom stereocenters. The van der Waals surface area contributed by atoms with Gasteiger partial charge in [0.2, 0.25) is 5.91 Å². The van der Waals surface area contributed by atoms with E-state index < -0.39 is 35.3 Å². The van der Waals surface area contributed by atoms with E-state index in [0.717, 1.165) is 0 Å². The molecular weight excluding hydrogens is 402 g/mol. The van der Waals surface area contributed by atoms with Crippen LogP contribution >= 0.6 is 0 Å². The van der Waals surface area contributed by atoms with Gasteiger partial charge in [0, 0.05) is 17.7 Å². The molecule has 1 aromatic rings. The predicted molar refractivity (Wildman–Crippen MR) is 109 cm³/mol. The van der Waals surface area contributed by atoms with Crippen LogP contribution in [0, 0.1) is 16.7 Å². The lowest BCUT2D eigenvalue weighted by molar-refractivity contribution is -0.150. The van der Waals surface area contributed by atoms with Crippen molar-refractivity contribution in [3.8, 4) is 17.6 Å². The Balaban J connectivity index is 2.31. The van der Waals surface area contributed by atoms with Crippen molar-refractivity contribution in [2.45, 2.75) is 24.9 Å². The van der Waals surface area contributed by atoms with E-state index in [0.29, 0.717) is 22.6 Å². The lowest BCUT2D eigenvalue weighted by Crippen LogP contribution is -2.45. The largest absolute Gasteiger partial charge is 0.493 e. The number of rotatable bonds is 6. The number of ketones is 1. The molecule has 0 aromatic heterocycles. The number of hydrogen-bond acceptors (Lipinski definition) is 8. The van der Waals surface area contributed by atoms with Gasteiger partial charge in [0.1, 0.15) is 6.04 Å². The molecule has 3 rings (SSSR count). The predicted octanol–water partition coefficient (Wildman–Crippen LogP) is 1.05. The van der Waals surface area contributed by atoms with Gasteiger partial charge in [-0.2, -0.15) is 5.26 Å². The molecule has 31 heavy (non-hydrogen) atoms. The minimum Gasteiger partial charge on any atom is -0.493 e. The van der Waals surface area contributed by atoms with Crippen LogP contribution in [0.25, 0.3) is 0 Å². The molecule has 1 fully saturated rings. The zero-order chi connectivity index (χ0) is 22.9. The maximum absolute atomic E-state index is 13.1. The highest BCUT2D eigenvalue weighted by molar-refractivity contribution is 5.97. The number of ether oxygens (including phenoxy) is 3. The number of Topliss-reactive ketones (excluding diaryl/α,β-unsaturated/α-hetero) is 1. The van der Waals surface area contributed by atoms with Gasteiger partial charge in [0.05, 0.1) is 33.4 Å². The zero-order valence-electron chi connectivity index (χ0n) is 17.6. The first-order valence-electron chi connectivity index (χ1n) is 9.46. The second-order valence-corrected chi connectivity index (χ2v) is 7.30. The van der Waals surface area contributed by atoms with Gasteiger partial charge in [0.15, 0.2) is 22.7 Å². The van der Waals surface area contributed by atoms with Crippen molar-refractivity contribution >= 4 is 17.7 Å². The van der Waals surface area contributed by atoms with Crippen LogP contribution in [0.3, 0.4) is 0 Å². The van der Waals surface area contributed by atoms with Crippen LogP contribution in [-0.2, 0) is 19.1 Å². The number of hydrogen-bond donors (Lipinski definition) is 1. The molecule has 4 atom stereocenters. The fraction of sp³-hybridized carbons (Fsp3) is 0.364. The van der Waals surface area contributed by atoms with Crippen LogP contribution in [0.5, 0.6) is 11.5 Å². The van der Waals surface area contributed by atoms with Gasteiger partial charge in [-0.1, -0.05) is 18.2 Å². The minimum absolute atomic E-state index is 0.229. The first-order chi connectivity index (χ1) is 14.8. The van der Waals surface area contributed by atoms with E-state index in [1.807, 2.05) is 0 Å². The van der Waals surface area contributed by atoms with E-state index in [2.05, 4.69) is 6.07 Å². The van der Waals surface area contributed by atoms with Crippen molar-refractivity contribution in [1.82, 2.24) is 4.90 Å². The molecule has 162 valence electrons. The van der Waals surface area contributed by atoms with Crippen molar-refractivity contribution in [3.63, 3.8) is 0 Å². The van der Waals surface area contributed by atoms with Crippen molar-refractivity contribution < 1.29 is 28.6 Å². The summed E-state index contributed by atoms with van der Waals surface area (Å²) in [7, 11) is 4.11. The summed E-state index contributed by atoms with van der Waals surface area (Å²) in [4.78, 5) is 39.1. The lowest BCUT2D eigenvalue weighted by Gasteiger charge is -2.32. The van der Waals surface area contributed by atoms with E-state index in [4.69, 9.17) is 19.9 Å². The number of nitrogens with zero attached hydrogens (tertiary/aromatic N) is 2. The zero-order valence-corrected chi connectivity index (χ0v) is 17.6. The molecule has 0 bridgehead atoms. The van der Waals surface area contributed by atoms with Gasteiger partial charge in [0.25, 0.3) is 0 Å². The molecule has 0 radical (unpaired) electrons. The third kappa shape index (κ3) is 3.20. The van der Waals surface area contributed by atoms with E-state index in [9.17, 15) is 19.6 Å². The molecule has 9 nitrogen and oxygen atoms in total. The smallest absolute Gasteiger partial charge is 0.329 e. The fourth-order valence-corrected chi connectivity index (χ4v) is 4.43. The summed E-state index contributed by atoms with van der Waals surface area (Å²) in [5.41, 5.74) is 4.75. The first-order valence-corrected chi connectivity index (χ1v) is 9.46. The van der Waals surface area contributed by atoms with Crippen molar-refractivity contribution in [2.75, 3.05) is 21.3 Å². The fourth-order valence-electron chi connectivity index (χ4n) is 4.43. The van der Waals surface area contributed by atoms with Crippen molar-refractivity contribution in [1.29, 1.82) is 5.26 Å². The maximum atomic E-state index is 13.1. The quantitative estimate of drug-likeness (QED) is 0.669. The summed E-state index contributed by atoms with van der Waals surface area (Å²) in [5, 5.41) is 10.3. The number of methoxy groups -OCH3 is 3. The minimum atomic E-state index is -1.80. The molecule has 1 aromatic carbocycles. The Hall–Kier alpha value is -3.80. The molecule has 2 N–H and O–H groups in total. The Kier molecular flexibility index (Phi) is 5.75. The number of carbonyl (C=O) groups excluding carboxylic acids is 3. The monoisotopic (exact) mass is 425 g/mol. The Morgan fingerprint density at radius 3 is 2.35 bits per heavy atom. The Bertz CT molecular complexity index is 1040. The van der Waals surface area contributed by atoms with E-state index in [1.165, 1.54) is 45.4 Å². The number of amides is 1. The molecule has 0 aliphatic carbocycles. The number of nitrogens with two attached hydrogens (primary N) is 1. The molecule has 1 saturated heterocycles. The number of esters is 1. The first kappa shape index (κ1) is 21.9. The summed E-state index contributed by atoms with van der Waals surface area (Å²) in [6.45, 7) is 1.38. The molecule has 0 saturated carbocycles. The standard InChI is InChI=1S/C22H23N3O6/c1-12(26)14-6-8-17-22(11-23,21(28)31-4)18(19(20(24)27)25(17)10-14)13-5-7-15(29-2)16(9-13)30-3/h5-10,17-19H,1-4H3,(H2,24,27)/t17-,18+,19-,22-/m0/s1. The number of fused-ring (bicyclic) bond motifs is 1. The molecule has 2 aliphatic rings. The summed E-state index contributed by atoms with van der Waals surface area (Å²) in [6, 6.07) is 5.01. The average Bonchev–Trinajstić information content (AvgIpc) is 3.08. The third-order valence-electron chi connectivity index (χ3n) is 5.83. The number of primary amides is 1. The number of nitriles is 1. The van der Waals surface area contributed by atoms with Crippen LogP contribution in [0.4, 0.5) is 0 Å². The van der Waals surface area contributed by atoms with Crippen molar-refractivity contribution in [3.05, 3.63) is 47.7 Å². The third-order valence-corrected chi connectivity index (χ3v) is 5.83. The van der Waals surface area contributed by atoms with Gasteiger partial charge in [-0.3, -0.25) is 14.4 Å². The van der Waals surface area contributed by atoms with Gasteiger partial charge in [-0.05, 0) is 24.6 Å². The maximum Gasteiger partial charge on any atom is 0.329 e. The molecule has 2 aliphatic heterocycles. The lowest BCUT2D eigenvalue weighted by atomic mass is 9.68. The SMILES string of the molecule is COC(=O)[C@]1(C#N)[C@H](c2ccc(OC)c(OC)c2)[C@@H](C(N)=O)N2C=C(C(C)=O)C=C[C@H]21. The van der Waals surface area contributed by atoms with Gasteiger partial charge >= 0.3 is 5.97 Å². The normalized spacial score (nSPS) is 26.4. The molecule has 0 spiro atoms. The highest BCUT2D eigenvalue weighted by Crippen LogP contribution is 2.54. The van der Waals surface area contributed by atoms with Gasteiger partial charge in [-0.25, -0.2) is 0 Å². The summed E-state index contributed by atoms with van der Waals surface area (Å²) < 4.78 is 15.6. The van der Waals surface area contributed by atoms with E-state index in [1.54, 1.807) is 24.3 Å². The highest BCUT2D eigenvalue weighted by atomic mass is 16.5. The second-order valence-electron chi connectivity index (χ2n) is 7.30. The molecule has 9 heteroatoms. The van der Waals surface area contributed by atoms with Crippen LogP contribution < -0.4 is 15.2 Å². The van der Waals surface area contributed by atoms with Gasteiger partial charge < -0.3 is 24.8 Å². The Morgan fingerprint density at radius 2 is 1.84 bits per heavy atom.